The van der Waals surface area contributed by atoms with E-state index in [1.54, 1.807) is 30.6 Å². The number of benzene rings is 2. The van der Waals surface area contributed by atoms with Crippen LogP contribution in [0.1, 0.15) is 11.1 Å². The zero-order chi connectivity index (χ0) is 18.2. The van der Waals surface area contributed by atoms with Crippen molar-refractivity contribution in [2.45, 2.75) is 12.7 Å². The number of nitrogens with zero attached hydrogens (tertiary/aromatic N) is 2. The molecule has 0 atom stereocenters. The van der Waals surface area contributed by atoms with E-state index in [-0.39, 0.29) is 0 Å². The lowest BCUT2D eigenvalue weighted by atomic mass is 10.1. The molecule has 2 N–H and O–H groups in total. The largest absolute Gasteiger partial charge is 0.497 e. The molecule has 0 spiro atoms. The van der Waals surface area contributed by atoms with Crippen LogP contribution in [0.2, 0.25) is 0 Å². The zero-order valence-corrected chi connectivity index (χ0v) is 16.1. The summed E-state index contributed by atoms with van der Waals surface area (Å²) in [6.07, 6.45) is 2.61. The van der Waals surface area contributed by atoms with Crippen molar-refractivity contribution in [2.75, 3.05) is 18.4 Å². The molecule has 2 aromatic rings. The van der Waals surface area contributed by atoms with Crippen molar-refractivity contribution in [3.05, 3.63) is 53.6 Å². The molecule has 0 aromatic heterocycles. The van der Waals surface area contributed by atoms with Crippen LogP contribution in [0.3, 0.4) is 0 Å². The van der Waals surface area contributed by atoms with Gasteiger partial charge in [-0.3, -0.25) is 9.80 Å². The van der Waals surface area contributed by atoms with Gasteiger partial charge < -0.3 is 4.74 Å². The fourth-order valence-electron chi connectivity index (χ4n) is 2.23. The first-order valence-corrected chi connectivity index (χ1v) is 9.77. The van der Waals surface area contributed by atoms with Crippen molar-refractivity contribution in [1.82, 2.24) is 0 Å². The van der Waals surface area contributed by atoms with Crippen LogP contribution in [-0.2, 0) is 10.5 Å². The summed E-state index contributed by atoms with van der Waals surface area (Å²) in [6, 6.07) is 13.4. The van der Waals surface area contributed by atoms with Crippen LogP contribution in [0.4, 0.5) is 11.4 Å². The van der Waals surface area contributed by atoms with E-state index >= 15 is 0 Å². The summed E-state index contributed by atoms with van der Waals surface area (Å²) >= 11 is 3.19. The molecule has 2 aromatic carbocycles. The Morgan fingerprint density at radius 3 is 2.76 bits per heavy atom. The van der Waals surface area contributed by atoms with Gasteiger partial charge in [-0.2, -0.15) is 0 Å². The number of ether oxygens (including phenoxy) is 1. The molecule has 132 valence electrons. The molecule has 0 bridgehead atoms. The predicted molar refractivity (Wildman–Crippen MR) is 109 cm³/mol. The molecule has 0 aliphatic heterocycles. The maximum absolute atomic E-state index is 11.0. The van der Waals surface area contributed by atoms with E-state index in [0.717, 1.165) is 31.9 Å². The molecular weight excluding hydrogens is 354 g/mol. The highest BCUT2D eigenvalue weighted by Crippen LogP contribution is 2.30. The Labute approximate surface area is 156 Å². The van der Waals surface area contributed by atoms with Crippen molar-refractivity contribution in [3.8, 4) is 5.75 Å². The lowest BCUT2D eigenvalue weighted by Crippen LogP contribution is -2.29. The number of aliphatic imine (C=N–C) groups is 1. The van der Waals surface area contributed by atoms with Crippen LogP contribution in [0.25, 0.3) is 0 Å². The molecule has 5 nitrogen and oxygen atoms in total. The number of anilines is 1. The number of nitrogens with two attached hydrogens (primary N) is 1. The van der Waals surface area contributed by atoms with Gasteiger partial charge in [-0.25, -0.2) is 10.8 Å². The van der Waals surface area contributed by atoms with E-state index in [1.165, 1.54) is 0 Å². The molecule has 25 heavy (non-hydrogen) atoms. The lowest BCUT2D eigenvalue weighted by Gasteiger charge is -2.17. The third-order valence-electron chi connectivity index (χ3n) is 3.57. The van der Waals surface area contributed by atoms with Gasteiger partial charge in [0, 0.05) is 11.8 Å². The monoisotopic (exact) mass is 375 g/mol. The molecular formula is C18H21N3O2S2. The van der Waals surface area contributed by atoms with E-state index in [1.807, 2.05) is 55.6 Å². The summed E-state index contributed by atoms with van der Waals surface area (Å²) in [5.41, 5.74) is 3.66. The Morgan fingerprint density at radius 1 is 1.32 bits per heavy atom. The highest BCUT2D eigenvalue weighted by Gasteiger charge is 2.11. The van der Waals surface area contributed by atoms with Crippen LogP contribution < -0.4 is 15.6 Å². The Balaban J connectivity index is 2.21. The average Bonchev–Trinajstić information content (AvgIpc) is 2.65. The first kappa shape index (κ1) is 19.4. The number of aryl methyl sites for hydroxylation is 1. The SMILES string of the molecule is COc1cccc(N=C(SC)SCc2c(C)cccc2N(N)C=O)c1. The van der Waals surface area contributed by atoms with E-state index in [4.69, 9.17) is 10.6 Å². The van der Waals surface area contributed by atoms with E-state index in [2.05, 4.69) is 4.99 Å². The highest BCUT2D eigenvalue weighted by atomic mass is 32.2. The van der Waals surface area contributed by atoms with Crippen molar-refractivity contribution in [1.29, 1.82) is 0 Å². The summed E-state index contributed by atoms with van der Waals surface area (Å²) in [6.45, 7) is 2.01. The maximum atomic E-state index is 11.0. The second kappa shape index (κ2) is 9.50. The lowest BCUT2D eigenvalue weighted by molar-refractivity contribution is -0.107. The van der Waals surface area contributed by atoms with E-state index < -0.39 is 0 Å². The Bertz CT molecular complexity index is 766. The Hall–Kier alpha value is -1.96. The van der Waals surface area contributed by atoms with Crippen molar-refractivity contribution < 1.29 is 9.53 Å². The summed E-state index contributed by atoms with van der Waals surface area (Å²) in [4.78, 5) is 15.7. The third kappa shape index (κ3) is 5.26. The second-order valence-electron chi connectivity index (χ2n) is 5.16. The molecule has 0 heterocycles. The highest BCUT2D eigenvalue weighted by molar-refractivity contribution is 8.38. The molecule has 0 fully saturated rings. The van der Waals surface area contributed by atoms with Crippen molar-refractivity contribution in [3.63, 3.8) is 0 Å². The summed E-state index contributed by atoms with van der Waals surface area (Å²) in [5.74, 6) is 7.21. The van der Waals surface area contributed by atoms with Gasteiger partial charge in [-0.05, 0) is 42.5 Å². The van der Waals surface area contributed by atoms with Gasteiger partial charge in [0.05, 0.1) is 18.5 Å². The first-order chi connectivity index (χ1) is 12.1. The van der Waals surface area contributed by atoms with Crippen LogP contribution in [0, 0.1) is 6.92 Å². The minimum atomic E-state index is 0.614. The smallest absolute Gasteiger partial charge is 0.228 e. The molecule has 0 saturated heterocycles. The number of hydrazine groups is 1. The fraction of sp³-hybridized carbons (Fsp3) is 0.222. The topological polar surface area (TPSA) is 67.9 Å². The second-order valence-corrected chi connectivity index (χ2v) is 7.17. The molecule has 2 rings (SSSR count). The molecule has 0 saturated carbocycles. The minimum absolute atomic E-state index is 0.614. The van der Waals surface area contributed by atoms with Gasteiger partial charge in [-0.15, -0.1) is 11.8 Å². The number of carbonyl (C=O) groups excluding carboxylic acids is 1. The Kier molecular flexibility index (Phi) is 7.36. The molecule has 0 aliphatic carbocycles. The number of methoxy groups -OCH3 is 1. The quantitative estimate of drug-likeness (QED) is 0.205. The zero-order valence-electron chi connectivity index (χ0n) is 14.4. The molecule has 0 radical (unpaired) electrons. The molecule has 1 amide bonds. The van der Waals surface area contributed by atoms with Crippen LogP contribution in [-0.4, -0.2) is 24.2 Å². The van der Waals surface area contributed by atoms with Gasteiger partial charge in [0.2, 0.25) is 6.41 Å². The number of rotatable bonds is 6. The summed E-state index contributed by atoms with van der Waals surface area (Å²) < 4.78 is 6.16. The number of thioether (sulfide) groups is 2. The molecule has 0 unspecified atom stereocenters. The number of amides is 1. The maximum Gasteiger partial charge on any atom is 0.228 e. The minimum Gasteiger partial charge on any atom is -0.497 e. The van der Waals surface area contributed by atoms with E-state index in [0.29, 0.717) is 17.9 Å². The van der Waals surface area contributed by atoms with Gasteiger partial charge in [-0.1, -0.05) is 30.0 Å². The van der Waals surface area contributed by atoms with Crippen LogP contribution >= 0.6 is 23.5 Å². The summed E-state index contributed by atoms with van der Waals surface area (Å²) in [5, 5.41) is 1.11. The average molecular weight is 376 g/mol. The fourth-order valence-corrected chi connectivity index (χ4v) is 3.89. The number of hydrogen-bond donors (Lipinski definition) is 1. The molecule has 7 heteroatoms. The molecule has 0 aliphatic rings. The predicted octanol–water partition coefficient (Wildman–Crippen LogP) is 4.12. The van der Waals surface area contributed by atoms with E-state index in [9.17, 15) is 4.79 Å². The van der Waals surface area contributed by atoms with Crippen molar-refractivity contribution >= 4 is 45.7 Å². The van der Waals surface area contributed by atoms with Crippen LogP contribution in [0.15, 0.2) is 47.5 Å². The standard InChI is InChI=1S/C18H21N3O2S2/c1-13-6-4-9-17(21(19)12-22)16(13)11-25-18(24-3)20-14-7-5-8-15(10-14)23-2/h4-10,12H,11,19H2,1-3H3. The normalized spacial score (nSPS) is 11.3. The van der Waals surface area contributed by atoms with Gasteiger partial charge in [0.15, 0.2) is 0 Å². The van der Waals surface area contributed by atoms with Gasteiger partial charge in [0.1, 0.15) is 10.1 Å². The Morgan fingerprint density at radius 2 is 2.08 bits per heavy atom. The third-order valence-corrected chi connectivity index (χ3v) is 5.63. The van der Waals surface area contributed by atoms with Crippen LogP contribution in [0.5, 0.6) is 5.75 Å². The van der Waals surface area contributed by atoms with Gasteiger partial charge >= 0.3 is 0 Å². The number of carbonyl (C=O) groups is 1. The van der Waals surface area contributed by atoms with Gasteiger partial charge in [0.25, 0.3) is 0 Å². The van der Waals surface area contributed by atoms with Crippen molar-refractivity contribution in [2.24, 2.45) is 10.8 Å². The number of hydrogen-bond acceptors (Lipinski definition) is 6. The summed E-state index contributed by atoms with van der Waals surface area (Å²) in [7, 11) is 1.64. The first-order valence-electron chi connectivity index (χ1n) is 7.56.